The monoisotopic (exact) mass is 412 g/mol. The van der Waals surface area contributed by atoms with Crippen LogP contribution in [0.25, 0.3) is 22.0 Å². The molecule has 142 valence electrons. The van der Waals surface area contributed by atoms with Crippen LogP contribution in [0.1, 0.15) is 12.1 Å². The average Bonchev–Trinajstić information content (AvgIpc) is 2.67. The van der Waals surface area contributed by atoms with Gasteiger partial charge in [-0.2, -0.15) is 0 Å². The molecule has 1 aliphatic heterocycles. The van der Waals surface area contributed by atoms with Gasteiger partial charge in [0.1, 0.15) is 0 Å². The van der Waals surface area contributed by atoms with Crippen molar-refractivity contribution in [3.8, 4) is 11.1 Å². The van der Waals surface area contributed by atoms with E-state index in [0.29, 0.717) is 35.1 Å². The van der Waals surface area contributed by atoms with Gasteiger partial charge in [0.15, 0.2) is 0 Å². The molecule has 2 aromatic carbocycles. The lowest BCUT2D eigenvalue weighted by atomic mass is 9.99. The first kappa shape index (κ1) is 18.8. The molecule has 0 fully saturated rings. The summed E-state index contributed by atoms with van der Waals surface area (Å²) < 4.78 is 0. The number of hydrogen-bond donors (Lipinski definition) is 1. The van der Waals surface area contributed by atoms with E-state index in [1.165, 1.54) is 0 Å². The van der Waals surface area contributed by atoms with Gasteiger partial charge >= 0.3 is 5.97 Å². The van der Waals surface area contributed by atoms with Crippen molar-refractivity contribution in [2.75, 3.05) is 18.0 Å². The summed E-state index contributed by atoms with van der Waals surface area (Å²) in [6, 6.07) is 13.6. The van der Waals surface area contributed by atoms with E-state index in [9.17, 15) is 9.90 Å². The molecule has 6 heteroatoms. The molecule has 0 unspecified atom stereocenters. The zero-order valence-corrected chi connectivity index (χ0v) is 16.8. The van der Waals surface area contributed by atoms with Crippen LogP contribution < -0.4 is 4.90 Å². The zero-order valence-electron chi connectivity index (χ0n) is 15.2. The van der Waals surface area contributed by atoms with Crippen molar-refractivity contribution in [3.05, 3.63) is 69.9 Å². The molecule has 2 heterocycles. The molecule has 1 N–H and O–H groups in total. The Morgan fingerprint density at radius 3 is 2.64 bits per heavy atom. The molecule has 0 radical (unpaired) electrons. The molecule has 4 nitrogen and oxygen atoms in total. The molecule has 0 spiro atoms. The minimum atomic E-state index is -0.838. The summed E-state index contributed by atoms with van der Waals surface area (Å²) in [6.07, 6.45) is 2.30. The number of aliphatic carboxylic acids is 1. The number of hydrogen-bond acceptors (Lipinski definition) is 3. The second kappa shape index (κ2) is 7.46. The smallest absolute Gasteiger partial charge is 0.331 e. The molecule has 0 bridgehead atoms. The number of benzene rings is 2. The van der Waals surface area contributed by atoms with E-state index in [2.05, 4.69) is 11.0 Å². The minimum Gasteiger partial charge on any atom is -0.478 e. The Kier molecular flexibility index (Phi) is 5.00. The highest BCUT2D eigenvalue weighted by atomic mass is 35.5. The second-order valence-corrected chi connectivity index (χ2v) is 7.68. The van der Waals surface area contributed by atoms with Crippen LogP contribution in [-0.2, 0) is 4.79 Å². The summed E-state index contributed by atoms with van der Waals surface area (Å²) in [5.74, 6) is -0.838. The molecule has 0 amide bonds. The van der Waals surface area contributed by atoms with Crippen molar-refractivity contribution in [3.63, 3.8) is 0 Å². The number of carboxylic acids is 1. The van der Waals surface area contributed by atoms with Gasteiger partial charge in [0.25, 0.3) is 0 Å². The summed E-state index contributed by atoms with van der Waals surface area (Å²) >= 11 is 12.5. The number of aryl methyl sites for hydroxylation is 1. The van der Waals surface area contributed by atoms with Crippen LogP contribution in [0, 0.1) is 6.92 Å². The van der Waals surface area contributed by atoms with E-state index in [0.717, 1.165) is 33.4 Å². The first-order valence-electron chi connectivity index (χ1n) is 8.97. The first-order valence-corrected chi connectivity index (χ1v) is 9.72. The van der Waals surface area contributed by atoms with E-state index in [1.54, 1.807) is 12.1 Å². The van der Waals surface area contributed by atoms with E-state index in [4.69, 9.17) is 28.2 Å². The normalized spacial score (nSPS) is 14.2. The summed E-state index contributed by atoms with van der Waals surface area (Å²) in [5.41, 5.74) is 5.12. The molecular formula is C22H18Cl2N2O2. The fourth-order valence-electron chi connectivity index (χ4n) is 3.62. The number of carboxylic acid groups (broad SMARTS) is 1. The third-order valence-corrected chi connectivity index (χ3v) is 5.54. The van der Waals surface area contributed by atoms with E-state index >= 15 is 0 Å². The number of rotatable bonds is 3. The Balaban J connectivity index is 1.86. The fraction of sp³-hybridized carbons (Fsp3) is 0.182. The van der Waals surface area contributed by atoms with Gasteiger partial charge in [-0.25, -0.2) is 4.79 Å². The number of para-hydroxylation sites is 1. The van der Waals surface area contributed by atoms with Gasteiger partial charge in [-0.1, -0.05) is 53.5 Å². The lowest BCUT2D eigenvalue weighted by Crippen LogP contribution is -2.30. The van der Waals surface area contributed by atoms with Gasteiger partial charge in [-0.05, 0) is 31.5 Å². The van der Waals surface area contributed by atoms with Gasteiger partial charge in [-0.3, -0.25) is 4.98 Å². The number of nitrogens with zero attached hydrogens (tertiary/aromatic N) is 2. The maximum Gasteiger partial charge on any atom is 0.331 e. The standard InChI is InChI=1S/C22H18Cl2N2O2/c1-13-11-20(26-9-7-14(8-10-26)22(27)28)18-4-2-3-17(21(18)25-13)16-6-5-15(23)12-19(16)24/h2-7,11-12H,8-10H2,1H3,(H,27,28). The highest BCUT2D eigenvalue weighted by Crippen LogP contribution is 2.37. The van der Waals surface area contributed by atoms with Crippen LogP contribution in [0.15, 0.2) is 54.1 Å². The highest BCUT2D eigenvalue weighted by Gasteiger charge is 2.20. The van der Waals surface area contributed by atoms with Gasteiger partial charge in [0, 0.05) is 56.6 Å². The predicted octanol–water partition coefficient (Wildman–Crippen LogP) is 5.74. The van der Waals surface area contributed by atoms with Crippen LogP contribution in [0.3, 0.4) is 0 Å². The van der Waals surface area contributed by atoms with Crippen molar-refractivity contribution >= 4 is 45.8 Å². The lowest BCUT2D eigenvalue weighted by Gasteiger charge is -2.29. The molecular weight excluding hydrogens is 395 g/mol. The number of halogens is 2. The predicted molar refractivity (Wildman–Crippen MR) is 114 cm³/mol. The summed E-state index contributed by atoms with van der Waals surface area (Å²) in [7, 11) is 0. The number of fused-ring (bicyclic) bond motifs is 1. The number of carbonyl (C=O) groups is 1. The third-order valence-electron chi connectivity index (χ3n) is 4.99. The molecule has 1 aromatic heterocycles. The highest BCUT2D eigenvalue weighted by molar-refractivity contribution is 6.36. The van der Waals surface area contributed by atoms with Crippen molar-refractivity contribution < 1.29 is 9.90 Å². The fourth-order valence-corrected chi connectivity index (χ4v) is 4.13. The van der Waals surface area contributed by atoms with Crippen LogP contribution in [0.5, 0.6) is 0 Å². The Bertz CT molecular complexity index is 1120. The second-order valence-electron chi connectivity index (χ2n) is 6.84. The van der Waals surface area contributed by atoms with Crippen molar-refractivity contribution in [1.29, 1.82) is 0 Å². The topological polar surface area (TPSA) is 53.4 Å². The first-order chi connectivity index (χ1) is 13.4. The van der Waals surface area contributed by atoms with Gasteiger partial charge in [0.05, 0.1) is 5.52 Å². The zero-order chi connectivity index (χ0) is 19.8. The SMILES string of the molecule is Cc1cc(N2CC=C(C(=O)O)CC2)c2cccc(-c3ccc(Cl)cc3Cl)c2n1. The maximum absolute atomic E-state index is 11.2. The summed E-state index contributed by atoms with van der Waals surface area (Å²) in [5, 5.41) is 11.4. The average molecular weight is 413 g/mol. The molecule has 3 aromatic rings. The molecule has 28 heavy (non-hydrogen) atoms. The maximum atomic E-state index is 11.2. The molecule has 0 atom stereocenters. The van der Waals surface area contributed by atoms with Gasteiger partial charge in [0.2, 0.25) is 0 Å². The molecule has 0 saturated heterocycles. The van der Waals surface area contributed by atoms with E-state index < -0.39 is 5.97 Å². The minimum absolute atomic E-state index is 0.472. The third kappa shape index (κ3) is 3.46. The lowest BCUT2D eigenvalue weighted by molar-refractivity contribution is -0.132. The van der Waals surface area contributed by atoms with Crippen LogP contribution in [0.4, 0.5) is 5.69 Å². The van der Waals surface area contributed by atoms with Crippen molar-refractivity contribution in [2.45, 2.75) is 13.3 Å². The summed E-state index contributed by atoms with van der Waals surface area (Å²) in [6.45, 7) is 3.18. The molecule has 0 saturated carbocycles. The van der Waals surface area contributed by atoms with Crippen LogP contribution in [-0.4, -0.2) is 29.1 Å². The Hall–Kier alpha value is -2.56. The van der Waals surface area contributed by atoms with Crippen molar-refractivity contribution in [1.82, 2.24) is 4.98 Å². The van der Waals surface area contributed by atoms with Gasteiger partial charge < -0.3 is 10.0 Å². The van der Waals surface area contributed by atoms with Gasteiger partial charge in [-0.15, -0.1) is 0 Å². The molecule has 0 aliphatic carbocycles. The number of aromatic nitrogens is 1. The largest absolute Gasteiger partial charge is 0.478 e. The van der Waals surface area contributed by atoms with E-state index in [-0.39, 0.29) is 0 Å². The van der Waals surface area contributed by atoms with Crippen LogP contribution >= 0.6 is 23.2 Å². The Morgan fingerprint density at radius 1 is 1.14 bits per heavy atom. The number of anilines is 1. The Morgan fingerprint density at radius 2 is 1.96 bits per heavy atom. The van der Waals surface area contributed by atoms with Crippen LogP contribution in [0.2, 0.25) is 10.0 Å². The van der Waals surface area contributed by atoms with Crippen molar-refractivity contribution in [2.24, 2.45) is 0 Å². The quantitative estimate of drug-likeness (QED) is 0.595. The molecule has 1 aliphatic rings. The number of pyridine rings is 1. The molecule has 4 rings (SSSR count). The van der Waals surface area contributed by atoms with E-state index in [1.807, 2.05) is 37.3 Å². The summed E-state index contributed by atoms with van der Waals surface area (Å²) in [4.78, 5) is 18.2. The Labute approximate surface area is 173 Å².